The summed E-state index contributed by atoms with van der Waals surface area (Å²) >= 11 is 1.83. The van der Waals surface area contributed by atoms with Crippen molar-refractivity contribution in [2.45, 2.75) is 90.6 Å². The van der Waals surface area contributed by atoms with Gasteiger partial charge >= 0.3 is 0 Å². The van der Waals surface area contributed by atoms with Gasteiger partial charge in [-0.15, -0.1) is 11.8 Å². The number of hydrogen-bond donors (Lipinski definition) is 0. The first-order chi connectivity index (χ1) is 10.5. The van der Waals surface area contributed by atoms with Gasteiger partial charge in [0.05, 0.1) is 0 Å². The second-order valence-electron chi connectivity index (χ2n) is 6.96. The van der Waals surface area contributed by atoms with Crippen LogP contribution in [0.4, 0.5) is 0 Å². The Hall–Kier alpha value is -0.220. The van der Waals surface area contributed by atoms with Crippen molar-refractivity contribution in [1.29, 1.82) is 0 Å². The van der Waals surface area contributed by atoms with Crippen molar-refractivity contribution >= 4 is 17.7 Å². The summed E-state index contributed by atoms with van der Waals surface area (Å²) in [6.07, 6.45) is 7.91. The van der Waals surface area contributed by atoms with E-state index in [-0.39, 0.29) is 17.5 Å². The predicted octanol–water partition coefficient (Wildman–Crippen LogP) is 4.37. The lowest BCUT2D eigenvalue weighted by atomic mass is 10.1. The minimum atomic E-state index is 0.0560. The van der Waals surface area contributed by atoms with Gasteiger partial charge in [0.25, 0.3) is 5.91 Å². The van der Waals surface area contributed by atoms with Gasteiger partial charge in [0.15, 0.2) is 0 Å². The standard InChI is InChI=1S/C18H36N2OS/c1-6-7-8-9-10-11-12-19-13-14-22-18(19)17(21)20(15(2)3)16(4)5/h15-16,18H,6-14H2,1-5H3. The first kappa shape index (κ1) is 19.8. The van der Waals surface area contributed by atoms with Crippen LogP contribution in [0.1, 0.15) is 73.1 Å². The Labute approximate surface area is 142 Å². The van der Waals surface area contributed by atoms with Crippen molar-refractivity contribution in [3.8, 4) is 0 Å². The van der Waals surface area contributed by atoms with E-state index in [2.05, 4.69) is 44.4 Å². The van der Waals surface area contributed by atoms with E-state index >= 15 is 0 Å². The third-order valence-corrected chi connectivity index (χ3v) is 5.60. The molecule has 0 radical (unpaired) electrons. The summed E-state index contributed by atoms with van der Waals surface area (Å²) in [5, 5.41) is 0.0560. The molecule has 0 spiro atoms. The summed E-state index contributed by atoms with van der Waals surface area (Å²) in [7, 11) is 0. The van der Waals surface area contributed by atoms with Crippen LogP contribution in [0.3, 0.4) is 0 Å². The van der Waals surface area contributed by atoms with E-state index in [1.54, 1.807) is 0 Å². The SMILES string of the molecule is CCCCCCCCN1CCSC1C(=O)N(C(C)C)C(C)C. The smallest absolute Gasteiger partial charge is 0.250 e. The molecule has 1 aliphatic rings. The lowest BCUT2D eigenvalue weighted by molar-refractivity contribution is -0.137. The van der Waals surface area contributed by atoms with E-state index in [0.717, 1.165) is 18.8 Å². The van der Waals surface area contributed by atoms with Crippen LogP contribution in [0.5, 0.6) is 0 Å². The second kappa shape index (κ2) is 10.5. The van der Waals surface area contributed by atoms with Gasteiger partial charge in [0.1, 0.15) is 5.37 Å². The highest BCUT2D eigenvalue weighted by Crippen LogP contribution is 2.27. The van der Waals surface area contributed by atoms with Crippen LogP contribution in [0.25, 0.3) is 0 Å². The number of thioether (sulfide) groups is 1. The third kappa shape index (κ3) is 6.11. The fourth-order valence-corrected chi connectivity index (χ4v) is 4.54. The fourth-order valence-electron chi connectivity index (χ4n) is 3.29. The van der Waals surface area contributed by atoms with Crippen LogP contribution in [0, 0.1) is 0 Å². The zero-order valence-electron chi connectivity index (χ0n) is 15.3. The van der Waals surface area contributed by atoms with Gasteiger partial charge in [-0.1, -0.05) is 39.0 Å². The van der Waals surface area contributed by atoms with Crippen molar-refractivity contribution in [2.75, 3.05) is 18.8 Å². The van der Waals surface area contributed by atoms with Crippen molar-refractivity contribution in [3.63, 3.8) is 0 Å². The Morgan fingerprint density at radius 3 is 2.27 bits per heavy atom. The predicted molar refractivity (Wildman–Crippen MR) is 98.3 cm³/mol. The normalized spacial score (nSPS) is 19.3. The molecule has 1 amide bonds. The summed E-state index contributed by atoms with van der Waals surface area (Å²) in [5.74, 6) is 1.41. The molecule has 1 atom stereocenters. The van der Waals surface area contributed by atoms with Crippen LogP contribution in [-0.2, 0) is 4.79 Å². The molecule has 1 saturated heterocycles. The maximum atomic E-state index is 12.9. The zero-order valence-corrected chi connectivity index (χ0v) is 16.1. The maximum Gasteiger partial charge on any atom is 0.250 e. The molecule has 22 heavy (non-hydrogen) atoms. The number of hydrogen-bond acceptors (Lipinski definition) is 3. The number of carbonyl (C=O) groups excluding carboxylic acids is 1. The second-order valence-corrected chi connectivity index (χ2v) is 8.15. The molecular formula is C18H36N2OS. The largest absolute Gasteiger partial charge is 0.336 e. The first-order valence-electron chi connectivity index (χ1n) is 9.16. The van der Waals surface area contributed by atoms with Crippen molar-refractivity contribution < 1.29 is 4.79 Å². The van der Waals surface area contributed by atoms with Gasteiger partial charge in [-0.25, -0.2) is 0 Å². The van der Waals surface area contributed by atoms with E-state index in [0.29, 0.717) is 5.91 Å². The van der Waals surface area contributed by atoms with Crippen LogP contribution < -0.4 is 0 Å². The quantitative estimate of drug-likeness (QED) is 0.556. The van der Waals surface area contributed by atoms with Gasteiger partial charge in [-0.3, -0.25) is 9.69 Å². The molecule has 0 aromatic heterocycles. The molecule has 0 aromatic rings. The van der Waals surface area contributed by atoms with E-state index in [4.69, 9.17) is 0 Å². The molecule has 0 saturated carbocycles. The molecule has 1 fully saturated rings. The van der Waals surface area contributed by atoms with Crippen LogP contribution in [0.2, 0.25) is 0 Å². The highest BCUT2D eigenvalue weighted by molar-refractivity contribution is 8.00. The third-order valence-electron chi connectivity index (χ3n) is 4.36. The molecule has 4 heteroatoms. The summed E-state index contributed by atoms with van der Waals surface area (Å²) < 4.78 is 0. The molecule has 1 unspecified atom stereocenters. The highest BCUT2D eigenvalue weighted by atomic mass is 32.2. The number of carbonyl (C=O) groups is 1. The molecule has 1 aliphatic heterocycles. The Morgan fingerprint density at radius 2 is 1.68 bits per heavy atom. The Morgan fingerprint density at radius 1 is 1.09 bits per heavy atom. The van der Waals surface area contributed by atoms with E-state index in [1.807, 2.05) is 11.8 Å². The average Bonchev–Trinajstić information content (AvgIpc) is 2.90. The number of rotatable bonds is 10. The molecule has 130 valence electrons. The van der Waals surface area contributed by atoms with Gasteiger partial charge in [-0.2, -0.15) is 0 Å². The van der Waals surface area contributed by atoms with Gasteiger partial charge in [0.2, 0.25) is 0 Å². The molecule has 1 heterocycles. The molecule has 0 N–H and O–H groups in total. The summed E-state index contributed by atoms with van der Waals surface area (Å²) in [6, 6.07) is 0.564. The van der Waals surface area contributed by atoms with Gasteiger partial charge in [-0.05, 0) is 40.7 Å². The molecule has 3 nitrogen and oxygen atoms in total. The molecule has 0 bridgehead atoms. The number of nitrogens with zero attached hydrogens (tertiary/aromatic N) is 2. The average molecular weight is 329 g/mol. The highest BCUT2D eigenvalue weighted by Gasteiger charge is 2.35. The Kier molecular flexibility index (Phi) is 9.49. The van der Waals surface area contributed by atoms with Gasteiger partial charge in [0, 0.05) is 24.4 Å². The first-order valence-corrected chi connectivity index (χ1v) is 10.2. The lowest BCUT2D eigenvalue weighted by Gasteiger charge is -2.35. The van der Waals surface area contributed by atoms with Crippen LogP contribution >= 0.6 is 11.8 Å². The summed E-state index contributed by atoms with van der Waals surface area (Å²) in [6.45, 7) is 12.9. The molecule has 0 aliphatic carbocycles. The van der Waals surface area contributed by atoms with Crippen LogP contribution in [0.15, 0.2) is 0 Å². The van der Waals surface area contributed by atoms with Gasteiger partial charge < -0.3 is 4.90 Å². The topological polar surface area (TPSA) is 23.6 Å². The van der Waals surface area contributed by atoms with E-state index < -0.39 is 0 Å². The Balaban J connectivity index is 2.43. The minimum Gasteiger partial charge on any atom is -0.336 e. The molecular weight excluding hydrogens is 292 g/mol. The maximum absolute atomic E-state index is 12.9. The van der Waals surface area contributed by atoms with E-state index in [1.165, 1.54) is 38.5 Å². The number of amides is 1. The summed E-state index contributed by atoms with van der Waals surface area (Å²) in [4.78, 5) is 17.3. The Bertz CT molecular complexity index is 312. The molecule has 0 aromatic carbocycles. The summed E-state index contributed by atoms with van der Waals surface area (Å²) in [5.41, 5.74) is 0. The fraction of sp³-hybridized carbons (Fsp3) is 0.944. The van der Waals surface area contributed by atoms with E-state index in [9.17, 15) is 4.79 Å². The lowest BCUT2D eigenvalue weighted by Crippen LogP contribution is -2.50. The van der Waals surface area contributed by atoms with Crippen molar-refractivity contribution in [1.82, 2.24) is 9.80 Å². The minimum absolute atomic E-state index is 0.0560. The monoisotopic (exact) mass is 328 g/mol. The van der Waals surface area contributed by atoms with Crippen molar-refractivity contribution in [3.05, 3.63) is 0 Å². The van der Waals surface area contributed by atoms with Crippen molar-refractivity contribution in [2.24, 2.45) is 0 Å². The van der Waals surface area contributed by atoms with Crippen LogP contribution in [-0.4, -0.2) is 52.0 Å². The zero-order chi connectivity index (χ0) is 16.5. The molecule has 1 rings (SSSR count). The number of unbranched alkanes of at least 4 members (excludes halogenated alkanes) is 5.